The summed E-state index contributed by atoms with van der Waals surface area (Å²) in [6.07, 6.45) is 5.44. The van der Waals surface area contributed by atoms with Crippen LogP contribution in [0.2, 0.25) is 0 Å². The maximum Gasteiger partial charge on any atom is 0.344 e. The molecule has 0 saturated carbocycles. The van der Waals surface area contributed by atoms with Gasteiger partial charge >= 0.3 is 11.9 Å². The van der Waals surface area contributed by atoms with Crippen LogP contribution in [0.5, 0.6) is 11.5 Å². The van der Waals surface area contributed by atoms with E-state index < -0.39 is 11.9 Å². The molecule has 2 N–H and O–H groups in total. The number of rotatable bonds is 14. The summed E-state index contributed by atoms with van der Waals surface area (Å²) in [6, 6.07) is 27.4. The molecule has 0 aliphatic heterocycles. The topological polar surface area (TPSA) is 136 Å². The molecule has 0 unspecified atom stereocenters. The number of carbonyl (C=O) groups is 4. The van der Waals surface area contributed by atoms with Gasteiger partial charge in [-0.3, -0.25) is 9.59 Å². The molecule has 12 heteroatoms. The first-order valence-corrected chi connectivity index (χ1v) is 16.1. The molecule has 0 heterocycles. The molecule has 0 aliphatic carbocycles. The summed E-state index contributed by atoms with van der Waals surface area (Å²) in [6.45, 7) is 0. The number of esters is 2. The molecule has 0 aliphatic rings. The van der Waals surface area contributed by atoms with Crippen molar-refractivity contribution < 1.29 is 28.7 Å². The van der Waals surface area contributed by atoms with E-state index in [0.29, 0.717) is 50.8 Å². The third-order valence-corrected chi connectivity index (χ3v) is 7.87. The lowest BCUT2D eigenvalue weighted by Gasteiger charge is -2.06. The maximum absolute atomic E-state index is 12.3. The molecular weight excluding hydrogens is 732 g/mol. The molecule has 4 rings (SSSR count). The number of ether oxygens (including phenoxy) is 2. The second-order valence-electron chi connectivity index (χ2n) is 10.0. The van der Waals surface area contributed by atoms with Gasteiger partial charge in [-0.15, -0.1) is 0 Å². The zero-order valence-corrected chi connectivity index (χ0v) is 28.2. The largest absolute Gasteiger partial charge is 0.423 e. The van der Waals surface area contributed by atoms with E-state index in [2.05, 4.69) is 52.9 Å². The van der Waals surface area contributed by atoms with Gasteiger partial charge in [0.05, 0.1) is 23.6 Å². The second kappa shape index (κ2) is 18.3. The molecule has 0 atom stereocenters. The number of nitrogens with one attached hydrogen (secondary N) is 2. The maximum atomic E-state index is 12.3. The van der Waals surface area contributed by atoms with Crippen molar-refractivity contribution in [3.8, 4) is 11.5 Å². The quantitative estimate of drug-likeness (QED) is 0.0459. The third kappa shape index (κ3) is 11.7. The first-order valence-electron chi connectivity index (χ1n) is 14.6. The van der Waals surface area contributed by atoms with Gasteiger partial charge in [0.1, 0.15) is 11.5 Å². The van der Waals surface area contributed by atoms with Crippen LogP contribution in [0.3, 0.4) is 0 Å². The summed E-state index contributed by atoms with van der Waals surface area (Å²) in [4.78, 5) is 48.8. The number of halogens is 2. The molecule has 10 nitrogen and oxygen atoms in total. The van der Waals surface area contributed by atoms with Gasteiger partial charge in [0.15, 0.2) is 0 Å². The lowest BCUT2D eigenvalue weighted by molar-refractivity contribution is -0.121. The van der Waals surface area contributed by atoms with Crippen molar-refractivity contribution in [2.24, 2.45) is 10.2 Å². The number of nitrogens with zero attached hydrogens (tertiary/aromatic N) is 2. The average molecular weight is 762 g/mol. The molecule has 4 aromatic carbocycles. The van der Waals surface area contributed by atoms with Gasteiger partial charge < -0.3 is 9.47 Å². The molecule has 4 aromatic rings. The third-order valence-electron chi connectivity index (χ3n) is 6.48. The highest BCUT2D eigenvalue weighted by Gasteiger charge is 2.13. The van der Waals surface area contributed by atoms with Gasteiger partial charge in [-0.25, -0.2) is 20.4 Å². The van der Waals surface area contributed by atoms with E-state index in [1.54, 1.807) is 84.9 Å². The molecule has 47 heavy (non-hydrogen) atoms. The normalized spacial score (nSPS) is 10.9. The zero-order chi connectivity index (χ0) is 33.4. The summed E-state index contributed by atoms with van der Waals surface area (Å²) < 4.78 is 12.1. The Labute approximate surface area is 288 Å². The van der Waals surface area contributed by atoms with Crippen LogP contribution < -0.4 is 20.3 Å². The SMILES string of the molecule is O=C(CCCCCC(=O)NN=Cc1ccc(OC(=O)c2ccccc2Br)cc1)NN=Cc1ccc(OC(=O)c2ccccc2Br)cc1. The molecule has 0 fully saturated rings. The first kappa shape index (κ1) is 34.9. The molecule has 240 valence electrons. The van der Waals surface area contributed by atoms with Gasteiger partial charge in [0, 0.05) is 21.8 Å². The van der Waals surface area contributed by atoms with Gasteiger partial charge in [-0.2, -0.15) is 10.2 Å². The molecular formula is C35H30Br2N4O6. The van der Waals surface area contributed by atoms with Crippen LogP contribution in [0.25, 0.3) is 0 Å². The van der Waals surface area contributed by atoms with Gasteiger partial charge in [-0.05, 0) is 129 Å². The highest BCUT2D eigenvalue weighted by atomic mass is 79.9. The number of benzene rings is 4. The van der Waals surface area contributed by atoms with Crippen molar-refractivity contribution in [1.82, 2.24) is 10.9 Å². The van der Waals surface area contributed by atoms with E-state index in [4.69, 9.17) is 9.47 Å². The lowest BCUT2D eigenvalue weighted by Crippen LogP contribution is -2.18. The number of hydrogen-bond acceptors (Lipinski definition) is 8. The van der Waals surface area contributed by atoms with E-state index in [0.717, 1.165) is 11.1 Å². The highest BCUT2D eigenvalue weighted by molar-refractivity contribution is 9.10. The van der Waals surface area contributed by atoms with E-state index in [9.17, 15) is 19.2 Å². The predicted molar refractivity (Wildman–Crippen MR) is 186 cm³/mol. The van der Waals surface area contributed by atoms with E-state index in [1.807, 2.05) is 12.1 Å². The minimum Gasteiger partial charge on any atom is -0.423 e. The Kier molecular flexibility index (Phi) is 13.6. The van der Waals surface area contributed by atoms with Gasteiger partial charge in [0.2, 0.25) is 11.8 Å². The Morgan fingerprint density at radius 3 is 1.32 bits per heavy atom. The van der Waals surface area contributed by atoms with Crippen molar-refractivity contribution in [2.45, 2.75) is 32.1 Å². The van der Waals surface area contributed by atoms with Gasteiger partial charge in [-0.1, -0.05) is 30.7 Å². The van der Waals surface area contributed by atoms with Crippen molar-refractivity contribution in [1.29, 1.82) is 0 Å². The Balaban J connectivity index is 1.06. The summed E-state index contributed by atoms with van der Waals surface area (Å²) in [7, 11) is 0. The lowest BCUT2D eigenvalue weighted by atomic mass is 10.1. The fraction of sp³-hybridized carbons (Fsp3) is 0.143. The van der Waals surface area contributed by atoms with Crippen molar-refractivity contribution in [2.75, 3.05) is 0 Å². The number of carbonyl (C=O) groups excluding carboxylic acids is 4. The summed E-state index contributed by atoms with van der Waals surface area (Å²) in [5, 5.41) is 7.94. The summed E-state index contributed by atoms with van der Waals surface area (Å²) in [5.41, 5.74) is 7.26. The van der Waals surface area contributed by atoms with Crippen molar-refractivity contribution >= 4 is 68.0 Å². The molecule has 0 saturated heterocycles. The van der Waals surface area contributed by atoms with Crippen LogP contribution in [0, 0.1) is 0 Å². The fourth-order valence-electron chi connectivity index (χ4n) is 4.04. The summed E-state index contributed by atoms with van der Waals surface area (Å²) in [5.74, 6) is -0.642. The Bertz CT molecular complexity index is 1630. The van der Waals surface area contributed by atoms with Crippen molar-refractivity contribution in [3.63, 3.8) is 0 Å². The fourth-order valence-corrected chi connectivity index (χ4v) is 4.93. The van der Waals surface area contributed by atoms with Crippen molar-refractivity contribution in [3.05, 3.63) is 128 Å². The Morgan fingerprint density at radius 1 is 0.553 bits per heavy atom. The molecule has 0 spiro atoms. The predicted octanol–water partition coefficient (Wildman–Crippen LogP) is 7.20. The number of hydrazone groups is 2. The van der Waals surface area contributed by atoms with E-state index >= 15 is 0 Å². The standard InChI is InChI=1S/C35H30Br2N4O6/c36-30-10-6-4-8-28(30)34(44)46-26-18-14-24(15-19-26)22-38-40-32(42)12-2-1-3-13-33(43)41-39-23-25-16-20-27(21-17-25)47-35(45)29-9-5-7-11-31(29)37/h4-11,14-23H,1-3,12-13H2,(H,40,42)(H,41,43). The van der Waals surface area contributed by atoms with E-state index in [1.165, 1.54) is 12.4 Å². The molecule has 0 radical (unpaired) electrons. The minimum atomic E-state index is -0.473. The minimum absolute atomic E-state index is 0.233. The van der Waals surface area contributed by atoms with Crippen LogP contribution in [0.15, 0.2) is 116 Å². The average Bonchev–Trinajstić information content (AvgIpc) is 3.06. The first-order chi connectivity index (χ1) is 22.8. The van der Waals surface area contributed by atoms with Crippen LogP contribution in [-0.4, -0.2) is 36.2 Å². The van der Waals surface area contributed by atoms with Crippen LogP contribution in [-0.2, 0) is 9.59 Å². The van der Waals surface area contributed by atoms with Crippen LogP contribution in [0.1, 0.15) is 63.9 Å². The monoisotopic (exact) mass is 760 g/mol. The molecule has 0 aromatic heterocycles. The van der Waals surface area contributed by atoms with Gasteiger partial charge in [0.25, 0.3) is 0 Å². The second-order valence-corrected chi connectivity index (χ2v) is 11.7. The summed E-state index contributed by atoms with van der Waals surface area (Å²) >= 11 is 6.67. The Morgan fingerprint density at radius 2 is 0.936 bits per heavy atom. The number of hydrogen-bond donors (Lipinski definition) is 2. The van der Waals surface area contributed by atoms with E-state index in [-0.39, 0.29) is 24.7 Å². The number of unbranched alkanes of at least 4 members (excludes halogenated alkanes) is 2. The smallest absolute Gasteiger partial charge is 0.344 e. The highest BCUT2D eigenvalue weighted by Crippen LogP contribution is 2.21. The van der Waals surface area contributed by atoms with Crippen LogP contribution in [0.4, 0.5) is 0 Å². The molecule has 0 bridgehead atoms. The number of amides is 2. The molecule has 2 amide bonds. The van der Waals surface area contributed by atoms with Crippen LogP contribution >= 0.6 is 31.9 Å². The Hall–Kier alpha value is -4.94. The zero-order valence-electron chi connectivity index (χ0n) is 25.0.